The van der Waals surface area contributed by atoms with E-state index < -0.39 is 0 Å². The third-order valence-corrected chi connectivity index (χ3v) is 3.62. The van der Waals surface area contributed by atoms with E-state index in [2.05, 4.69) is 10.5 Å². The van der Waals surface area contributed by atoms with Crippen molar-refractivity contribution in [3.8, 4) is 11.5 Å². The van der Waals surface area contributed by atoms with E-state index in [-0.39, 0.29) is 6.04 Å². The van der Waals surface area contributed by atoms with Crippen molar-refractivity contribution in [1.29, 1.82) is 0 Å². The van der Waals surface area contributed by atoms with Crippen molar-refractivity contribution in [2.75, 3.05) is 14.2 Å². The molecule has 0 saturated heterocycles. The Bertz CT molecular complexity index is 615. The van der Waals surface area contributed by atoms with Crippen LogP contribution in [0.2, 0.25) is 5.02 Å². The number of aromatic nitrogens is 2. The molecule has 2 aromatic rings. The van der Waals surface area contributed by atoms with Gasteiger partial charge in [0.05, 0.1) is 37.2 Å². The number of methoxy groups -OCH3 is 2. The van der Waals surface area contributed by atoms with Crippen molar-refractivity contribution in [2.45, 2.75) is 19.5 Å². The lowest BCUT2D eigenvalue weighted by Crippen LogP contribution is -2.31. The number of nitrogens with one attached hydrogen (secondary N) is 1. The van der Waals surface area contributed by atoms with Gasteiger partial charge in [0.2, 0.25) is 0 Å². The minimum absolute atomic E-state index is 0.333. The van der Waals surface area contributed by atoms with Crippen LogP contribution in [0, 0.1) is 0 Å². The van der Waals surface area contributed by atoms with Crippen molar-refractivity contribution >= 4 is 11.6 Å². The number of ether oxygens (including phenoxy) is 2. The summed E-state index contributed by atoms with van der Waals surface area (Å²) >= 11 is 6.26. The van der Waals surface area contributed by atoms with Gasteiger partial charge < -0.3 is 9.47 Å². The summed E-state index contributed by atoms with van der Waals surface area (Å²) in [6.45, 7) is 2.68. The fraction of sp³-hybridized carbons (Fsp3) is 0.357. The van der Waals surface area contributed by atoms with Gasteiger partial charge >= 0.3 is 0 Å². The number of hydrogen-bond acceptors (Lipinski definition) is 5. The maximum absolute atomic E-state index is 6.26. The first-order valence-electron chi connectivity index (χ1n) is 6.55. The predicted octanol–water partition coefficient (Wildman–Crippen LogP) is 2.13. The van der Waals surface area contributed by atoms with Crippen LogP contribution in [-0.2, 0) is 6.54 Å². The van der Waals surface area contributed by atoms with E-state index in [1.165, 1.54) is 0 Å². The molecule has 114 valence electrons. The minimum Gasteiger partial charge on any atom is -0.497 e. The number of aryl methyl sites for hydroxylation is 1. The molecule has 0 bridgehead atoms. The first kappa shape index (κ1) is 15.6. The third kappa shape index (κ3) is 2.97. The highest BCUT2D eigenvalue weighted by Gasteiger charge is 2.24. The van der Waals surface area contributed by atoms with Crippen LogP contribution in [0.15, 0.2) is 24.4 Å². The Hall–Kier alpha value is -1.76. The molecular weight excluding hydrogens is 292 g/mol. The van der Waals surface area contributed by atoms with E-state index in [1.54, 1.807) is 31.2 Å². The standard InChI is InChI=1S/C14H19ClN4O2/c1-4-19-14(11(15)8-17-19)13(18-16)10-6-5-9(20-2)7-12(10)21-3/h5-8,13,18H,4,16H2,1-3H3. The molecule has 0 fully saturated rings. The summed E-state index contributed by atoms with van der Waals surface area (Å²) in [6, 6.07) is 5.22. The number of hydrazine groups is 1. The minimum atomic E-state index is -0.333. The SMILES string of the molecule is CCn1ncc(Cl)c1C(NN)c1ccc(OC)cc1OC. The van der Waals surface area contributed by atoms with E-state index in [0.717, 1.165) is 11.3 Å². The zero-order chi connectivity index (χ0) is 15.4. The van der Waals surface area contributed by atoms with Crippen LogP contribution >= 0.6 is 11.6 Å². The molecule has 7 heteroatoms. The maximum atomic E-state index is 6.26. The molecule has 0 aliphatic rings. The average Bonchev–Trinajstić information content (AvgIpc) is 2.89. The fourth-order valence-corrected chi connectivity index (χ4v) is 2.53. The highest BCUT2D eigenvalue weighted by Crippen LogP contribution is 2.35. The molecule has 3 N–H and O–H groups in total. The molecular formula is C14H19ClN4O2. The summed E-state index contributed by atoms with van der Waals surface area (Å²) in [7, 11) is 3.21. The Labute approximate surface area is 128 Å². The monoisotopic (exact) mass is 310 g/mol. The zero-order valence-electron chi connectivity index (χ0n) is 12.3. The van der Waals surface area contributed by atoms with E-state index in [0.29, 0.717) is 23.1 Å². The van der Waals surface area contributed by atoms with Crippen LogP contribution in [0.1, 0.15) is 24.2 Å². The number of benzene rings is 1. The second kappa shape index (κ2) is 6.80. The van der Waals surface area contributed by atoms with Crippen LogP contribution in [0.4, 0.5) is 0 Å². The van der Waals surface area contributed by atoms with Gasteiger partial charge in [0, 0.05) is 18.2 Å². The molecule has 0 spiro atoms. The molecule has 2 rings (SSSR count). The number of nitrogens with zero attached hydrogens (tertiary/aromatic N) is 2. The van der Waals surface area contributed by atoms with Crippen LogP contribution in [0.3, 0.4) is 0 Å². The molecule has 0 aliphatic carbocycles. The van der Waals surface area contributed by atoms with E-state index in [1.807, 2.05) is 19.1 Å². The molecule has 0 aliphatic heterocycles. The molecule has 1 unspecified atom stereocenters. The Morgan fingerprint density at radius 3 is 2.71 bits per heavy atom. The molecule has 0 radical (unpaired) electrons. The van der Waals surface area contributed by atoms with Gasteiger partial charge in [-0.1, -0.05) is 11.6 Å². The summed E-state index contributed by atoms with van der Waals surface area (Å²) in [4.78, 5) is 0. The molecule has 0 saturated carbocycles. The second-order valence-electron chi connectivity index (χ2n) is 4.40. The van der Waals surface area contributed by atoms with Crippen LogP contribution in [-0.4, -0.2) is 24.0 Å². The molecule has 6 nitrogen and oxygen atoms in total. The van der Waals surface area contributed by atoms with Crippen molar-refractivity contribution in [1.82, 2.24) is 15.2 Å². The van der Waals surface area contributed by atoms with Gasteiger partial charge in [-0.15, -0.1) is 0 Å². The largest absolute Gasteiger partial charge is 0.497 e. The lowest BCUT2D eigenvalue weighted by molar-refractivity contribution is 0.386. The van der Waals surface area contributed by atoms with Crippen LogP contribution in [0.25, 0.3) is 0 Å². The number of halogens is 1. The van der Waals surface area contributed by atoms with Gasteiger partial charge in [-0.3, -0.25) is 10.5 Å². The Balaban J connectivity index is 2.53. The van der Waals surface area contributed by atoms with Crippen LogP contribution in [0.5, 0.6) is 11.5 Å². The first-order valence-corrected chi connectivity index (χ1v) is 6.93. The van der Waals surface area contributed by atoms with Gasteiger partial charge in [0.15, 0.2) is 0 Å². The Morgan fingerprint density at radius 1 is 1.38 bits per heavy atom. The van der Waals surface area contributed by atoms with Gasteiger partial charge in [0.1, 0.15) is 11.5 Å². The number of rotatable bonds is 6. The zero-order valence-corrected chi connectivity index (χ0v) is 13.0. The smallest absolute Gasteiger partial charge is 0.127 e. The fourth-order valence-electron chi connectivity index (χ4n) is 2.28. The maximum Gasteiger partial charge on any atom is 0.127 e. The van der Waals surface area contributed by atoms with Gasteiger partial charge in [0.25, 0.3) is 0 Å². The normalized spacial score (nSPS) is 12.2. The summed E-state index contributed by atoms with van der Waals surface area (Å²) in [5.74, 6) is 7.12. The van der Waals surface area contributed by atoms with E-state index in [4.69, 9.17) is 26.9 Å². The topological polar surface area (TPSA) is 74.3 Å². The average molecular weight is 311 g/mol. The highest BCUT2D eigenvalue weighted by atomic mass is 35.5. The van der Waals surface area contributed by atoms with Crippen molar-refractivity contribution in [3.63, 3.8) is 0 Å². The number of hydrogen-bond donors (Lipinski definition) is 2. The Kier molecular flexibility index (Phi) is 5.06. The lowest BCUT2D eigenvalue weighted by atomic mass is 10.0. The molecule has 21 heavy (non-hydrogen) atoms. The molecule has 0 amide bonds. The van der Waals surface area contributed by atoms with Crippen molar-refractivity contribution < 1.29 is 9.47 Å². The highest BCUT2D eigenvalue weighted by molar-refractivity contribution is 6.31. The van der Waals surface area contributed by atoms with Gasteiger partial charge in [-0.05, 0) is 19.1 Å². The van der Waals surface area contributed by atoms with Crippen LogP contribution < -0.4 is 20.7 Å². The molecule has 1 atom stereocenters. The van der Waals surface area contributed by atoms with Crippen molar-refractivity contribution in [2.24, 2.45) is 5.84 Å². The lowest BCUT2D eigenvalue weighted by Gasteiger charge is -2.21. The molecule has 1 heterocycles. The van der Waals surface area contributed by atoms with Gasteiger partial charge in [-0.2, -0.15) is 5.10 Å². The third-order valence-electron chi connectivity index (χ3n) is 3.32. The van der Waals surface area contributed by atoms with Gasteiger partial charge in [-0.25, -0.2) is 5.43 Å². The first-order chi connectivity index (χ1) is 10.2. The van der Waals surface area contributed by atoms with E-state index in [9.17, 15) is 0 Å². The summed E-state index contributed by atoms with van der Waals surface area (Å²) in [6.07, 6.45) is 1.61. The van der Waals surface area contributed by atoms with E-state index >= 15 is 0 Å². The van der Waals surface area contributed by atoms with Crippen molar-refractivity contribution in [3.05, 3.63) is 40.7 Å². The summed E-state index contributed by atoms with van der Waals surface area (Å²) < 4.78 is 12.4. The summed E-state index contributed by atoms with van der Waals surface area (Å²) in [5, 5.41) is 4.79. The number of nitrogens with two attached hydrogens (primary N) is 1. The molecule has 1 aromatic heterocycles. The Morgan fingerprint density at radius 2 is 2.14 bits per heavy atom. The quantitative estimate of drug-likeness (QED) is 0.631. The molecule has 1 aromatic carbocycles. The summed E-state index contributed by atoms with van der Waals surface area (Å²) in [5.41, 5.74) is 4.44. The predicted molar refractivity (Wildman–Crippen MR) is 81.6 cm³/mol. The second-order valence-corrected chi connectivity index (χ2v) is 4.81.